The van der Waals surface area contributed by atoms with Gasteiger partial charge in [0.05, 0.1) is 0 Å². The molecule has 1 heteroatoms. The molecule has 2 aliphatic rings. The molecule has 1 nitrogen and oxygen atoms in total. The van der Waals surface area contributed by atoms with Crippen molar-refractivity contribution in [2.24, 2.45) is 11.8 Å². The molecule has 0 aromatic carbocycles. The second kappa shape index (κ2) is 4.65. The quantitative estimate of drug-likeness (QED) is 0.653. The van der Waals surface area contributed by atoms with Gasteiger partial charge in [0, 0.05) is 6.04 Å². The molecule has 1 aliphatic carbocycles. The summed E-state index contributed by atoms with van der Waals surface area (Å²) in [6, 6.07) is 0.951. The standard InChI is InChI=1S/C13H25N/c1-11(2)12-5-7-13(8-6-12)14-9-3-4-10-14/h11-13H,3-10H2,1-2H3/t12-,13+. The van der Waals surface area contributed by atoms with Crippen molar-refractivity contribution in [1.82, 2.24) is 4.90 Å². The van der Waals surface area contributed by atoms with Crippen molar-refractivity contribution in [2.75, 3.05) is 13.1 Å². The van der Waals surface area contributed by atoms with Crippen LogP contribution < -0.4 is 0 Å². The van der Waals surface area contributed by atoms with E-state index in [0.717, 1.165) is 17.9 Å². The monoisotopic (exact) mass is 195 g/mol. The highest BCUT2D eigenvalue weighted by Crippen LogP contribution is 2.33. The van der Waals surface area contributed by atoms with Crippen LogP contribution >= 0.6 is 0 Å². The SMILES string of the molecule is CC(C)[C@H]1CC[C@@H](N2CCCC2)CC1. The maximum Gasteiger partial charge on any atom is 0.00954 e. The molecule has 1 saturated carbocycles. The molecule has 14 heavy (non-hydrogen) atoms. The van der Waals surface area contributed by atoms with Crippen LogP contribution in [0.5, 0.6) is 0 Å². The van der Waals surface area contributed by atoms with E-state index in [-0.39, 0.29) is 0 Å². The third-order valence-corrected chi connectivity index (χ3v) is 4.34. The van der Waals surface area contributed by atoms with Crippen LogP contribution in [0.3, 0.4) is 0 Å². The van der Waals surface area contributed by atoms with E-state index in [0.29, 0.717) is 0 Å². The summed E-state index contributed by atoms with van der Waals surface area (Å²) in [5.41, 5.74) is 0. The predicted molar refractivity (Wildman–Crippen MR) is 61.4 cm³/mol. The van der Waals surface area contributed by atoms with Crippen molar-refractivity contribution in [2.45, 2.75) is 58.4 Å². The molecule has 0 N–H and O–H groups in total. The summed E-state index contributed by atoms with van der Waals surface area (Å²) in [6.07, 6.45) is 8.82. The van der Waals surface area contributed by atoms with Gasteiger partial charge in [-0.3, -0.25) is 0 Å². The Labute approximate surface area is 88.9 Å². The van der Waals surface area contributed by atoms with Crippen molar-refractivity contribution in [3.63, 3.8) is 0 Å². The number of likely N-dealkylation sites (tertiary alicyclic amines) is 1. The van der Waals surface area contributed by atoms with Gasteiger partial charge in [0.2, 0.25) is 0 Å². The van der Waals surface area contributed by atoms with Gasteiger partial charge < -0.3 is 4.90 Å². The van der Waals surface area contributed by atoms with Gasteiger partial charge in [-0.05, 0) is 63.5 Å². The zero-order chi connectivity index (χ0) is 9.97. The van der Waals surface area contributed by atoms with Gasteiger partial charge in [-0.15, -0.1) is 0 Å². The fourth-order valence-electron chi connectivity index (χ4n) is 3.24. The number of hydrogen-bond donors (Lipinski definition) is 0. The summed E-state index contributed by atoms with van der Waals surface area (Å²) >= 11 is 0. The van der Waals surface area contributed by atoms with E-state index in [1.54, 1.807) is 0 Å². The lowest BCUT2D eigenvalue weighted by molar-refractivity contribution is 0.146. The highest BCUT2D eigenvalue weighted by atomic mass is 15.2. The first kappa shape index (κ1) is 10.5. The van der Waals surface area contributed by atoms with Gasteiger partial charge in [0.1, 0.15) is 0 Å². The van der Waals surface area contributed by atoms with E-state index in [2.05, 4.69) is 18.7 Å². The summed E-state index contributed by atoms with van der Waals surface area (Å²) in [6.45, 7) is 7.55. The maximum absolute atomic E-state index is 2.75. The summed E-state index contributed by atoms with van der Waals surface area (Å²) in [5, 5.41) is 0. The van der Waals surface area contributed by atoms with E-state index >= 15 is 0 Å². The molecule has 0 atom stereocenters. The second-order valence-corrected chi connectivity index (χ2v) is 5.56. The first-order valence-electron chi connectivity index (χ1n) is 6.51. The van der Waals surface area contributed by atoms with Gasteiger partial charge >= 0.3 is 0 Å². The Hall–Kier alpha value is -0.0400. The number of rotatable bonds is 2. The predicted octanol–water partition coefficient (Wildman–Crippen LogP) is 3.30. The lowest BCUT2D eigenvalue weighted by Gasteiger charge is -2.35. The van der Waals surface area contributed by atoms with Crippen molar-refractivity contribution in [1.29, 1.82) is 0 Å². The third-order valence-electron chi connectivity index (χ3n) is 4.34. The van der Waals surface area contributed by atoms with E-state index in [9.17, 15) is 0 Å². The molecule has 2 rings (SSSR count). The molecular formula is C13H25N. The van der Waals surface area contributed by atoms with Gasteiger partial charge in [-0.1, -0.05) is 13.8 Å². The van der Waals surface area contributed by atoms with Crippen LogP contribution in [0.15, 0.2) is 0 Å². The van der Waals surface area contributed by atoms with Crippen molar-refractivity contribution < 1.29 is 0 Å². The number of nitrogens with zero attached hydrogens (tertiary/aromatic N) is 1. The molecule has 0 spiro atoms. The first-order valence-corrected chi connectivity index (χ1v) is 6.51. The van der Waals surface area contributed by atoms with Gasteiger partial charge in [0.25, 0.3) is 0 Å². The molecule has 1 aliphatic heterocycles. The Morgan fingerprint density at radius 3 is 2.00 bits per heavy atom. The summed E-state index contributed by atoms with van der Waals surface area (Å²) in [7, 11) is 0. The minimum absolute atomic E-state index is 0.912. The third kappa shape index (κ3) is 2.31. The van der Waals surface area contributed by atoms with E-state index in [1.807, 2.05) is 0 Å². The lowest BCUT2D eigenvalue weighted by atomic mass is 9.79. The summed E-state index contributed by atoms with van der Waals surface area (Å²) in [5.74, 6) is 1.93. The van der Waals surface area contributed by atoms with Crippen molar-refractivity contribution in [3.8, 4) is 0 Å². The zero-order valence-electron chi connectivity index (χ0n) is 9.84. The second-order valence-electron chi connectivity index (χ2n) is 5.56. The molecule has 82 valence electrons. The van der Waals surface area contributed by atoms with Gasteiger partial charge in [-0.2, -0.15) is 0 Å². The van der Waals surface area contributed by atoms with Crippen LogP contribution in [-0.2, 0) is 0 Å². The molecule has 2 fully saturated rings. The molecular weight excluding hydrogens is 170 g/mol. The van der Waals surface area contributed by atoms with Crippen LogP contribution in [0.1, 0.15) is 52.4 Å². The number of hydrogen-bond acceptors (Lipinski definition) is 1. The highest BCUT2D eigenvalue weighted by molar-refractivity contribution is 4.82. The fraction of sp³-hybridized carbons (Fsp3) is 1.00. The molecule has 0 aromatic rings. The Morgan fingerprint density at radius 2 is 1.50 bits per heavy atom. The van der Waals surface area contributed by atoms with Crippen LogP contribution in [0, 0.1) is 11.8 Å². The van der Waals surface area contributed by atoms with Gasteiger partial charge in [0.15, 0.2) is 0 Å². The fourth-order valence-corrected chi connectivity index (χ4v) is 3.24. The summed E-state index contributed by atoms with van der Waals surface area (Å²) < 4.78 is 0. The minimum Gasteiger partial charge on any atom is -0.300 e. The Bertz CT molecular complexity index is 162. The smallest absolute Gasteiger partial charge is 0.00954 e. The van der Waals surface area contributed by atoms with Gasteiger partial charge in [-0.25, -0.2) is 0 Å². The van der Waals surface area contributed by atoms with Crippen LogP contribution in [0.25, 0.3) is 0 Å². The normalized spacial score (nSPS) is 35.4. The molecule has 0 bridgehead atoms. The van der Waals surface area contributed by atoms with Crippen LogP contribution in [-0.4, -0.2) is 24.0 Å². The van der Waals surface area contributed by atoms with Crippen molar-refractivity contribution in [3.05, 3.63) is 0 Å². The molecule has 0 amide bonds. The Balaban J connectivity index is 1.77. The Kier molecular flexibility index (Phi) is 3.48. The largest absolute Gasteiger partial charge is 0.300 e. The maximum atomic E-state index is 2.75. The first-order chi connectivity index (χ1) is 6.77. The van der Waals surface area contributed by atoms with Crippen molar-refractivity contribution >= 4 is 0 Å². The Morgan fingerprint density at radius 1 is 0.929 bits per heavy atom. The average Bonchev–Trinajstić information content (AvgIpc) is 2.71. The van der Waals surface area contributed by atoms with Crippen LogP contribution in [0.2, 0.25) is 0 Å². The lowest BCUT2D eigenvalue weighted by Crippen LogP contribution is -2.36. The zero-order valence-corrected chi connectivity index (χ0v) is 9.84. The van der Waals surface area contributed by atoms with E-state index in [1.165, 1.54) is 51.6 Å². The molecule has 0 radical (unpaired) electrons. The van der Waals surface area contributed by atoms with Crippen LogP contribution in [0.4, 0.5) is 0 Å². The molecule has 0 unspecified atom stereocenters. The van der Waals surface area contributed by atoms with E-state index < -0.39 is 0 Å². The molecule has 0 aromatic heterocycles. The molecule has 1 heterocycles. The highest BCUT2D eigenvalue weighted by Gasteiger charge is 2.28. The minimum atomic E-state index is 0.912. The average molecular weight is 195 g/mol. The molecule has 1 saturated heterocycles. The van der Waals surface area contributed by atoms with E-state index in [4.69, 9.17) is 0 Å². The topological polar surface area (TPSA) is 3.24 Å². The summed E-state index contributed by atoms with van der Waals surface area (Å²) in [4.78, 5) is 2.75.